The van der Waals surface area contributed by atoms with Gasteiger partial charge in [-0.3, -0.25) is 10.1 Å². The lowest BCUT2D eigenvalue weighted by molar-refractivity contribution is -0.117. The summed E-state index contributed by atoms with van der Waals surface area (Å²) in [5.41, 5.74) is 1.31. The second kappa shape index (κ2) is 9.25. The quantitative estimate of drug-likeness (QED) is 0.492. The van der Waals surface area contributed by atoms with Gasteiger partial charge in [-0.1, -0.05) is 12.1 Å². The zero-order chi connectivity index (χ0) is 24.7. The lowest BCUT2D eigenvalue weighted by Gasteiger charge is -2.33. The summed E-state index contributed by atoms with van der Waals surface area (Å²) in [5.74, 6) is 2.33. The van der Waals surface area contributed by atoms with Gasteiger partial charge in [-0.2, -0.15) is 9.50 Å². The number of aromatic nitrogens is 3. The summed E-state index contributed by atoms with van der Waals surface area (Å²) in [5, 5.41) is 7.30. The zero-order valence-corrected chi connectivity index (χ0v) is 20.5. The molecule has 0 bridgehead atoms. The lowest BCUT2D eigenvalue weighted by atomic mass is 10.1. The normalized spacial score (nSPS) is 18.4. The van der Waals surface area contributed by atoms with Crippen molar-refractivity contribution in [1.82, 2.24) is 19.3 Å². The molecule has 1 saturated carbocycles. The first-order chi connectivity index (χ1) is 17.4. The number of hydrogen-bond donors (Lipinski definition) is 2. The minimum Gasteiger partial charge on any atom is -0.486 e. The summed E-state index contributed by atoms with van der Waals surface area (Å²) in [6, 6.07) is 10.8. The largest absolute Gasteiger partial charge is 0.486 e. The van der Waals surface area contributed by atoms with Gasteiger partial charge in [0.2, 0.25) is 21.9 Å². The average molecular weight is 513 g/mol. The molecule has 0 spiro atoms. The Morgan fingerprint density at radius 1 is 1.03 bits per heavy atom. The van der Waals surface area contributed by atoms with Gasteiger partial charge in [0.25, 0.3) is 0 Å². The maximum absolute atomic E-state index is 12.9. The van der Waals surface area contributed by atoms with Crippen LogP contribution in [-0.4, -0.2) is 61.3 Å². The second-order valence-corrected chi connectivity index (χ2v) is 11.2. The highest BCUT2D eigenvalue weighted by atomic mass is 32.2. The lowest BCUT2D eigenvalue weighted by Crippen LogP contribution is -2.45. The predicted molar refractivity (Wildman–Crippen MR) is 133 cm³/mol. The standard InChI is InChI=1S/C24H28N6O5S/c31-23(17-5-6-17)26-24-25-21-2-1-3-22(30(21)27-24)29-10-8-18(9-11-29)28-36(32,33)15-16-4-7-19-20(14-16)35-13-12-34-19/h1-4,7,14,17-18,28H,5-6,8-13,15H2,(H,26,27,31). The van der Waals surface area contributed by atoms with Crippen molar-refractivity contribution in [3.8, 4) is 11.5 Å². The summed E-state index contributed by atoms with van der Waals surface area (Å²) in [7, 11) is -3.52. The van der Waals surface area contributed by atoms with Crippen LogP contribution in [0.15, 0.2) is 36.4 Å². The molecule has 3 aliphatic rings. The van der Waals surface area contributed by atoms with Crippen LogP contribution in [0.1, 0.15) is 31.2 Å². The molecule has 2 N–H and O–H groups in total. The fourth-order valence-electron chi connectivity index (χ4n) is 4.66. The van der Waals surface area contributed by atoms with E-state index in [-0.39, 0.29) is 23.6 Å². The minimum absolute atomic E-state index is 0.0307. The van der Waals surface area contributed by atoms with Crippen molar-refractivity contribution >= 4 is 33.3 Å². The van der Waals surface area contributed by atoms with E-state index in [0.717, 1.165) is 18.7 Å². The monoisotopic (exact) mass is 512 g/mol. The van der Waals surface area contributed by atoms with Crippen molar-refractivity contribution in [2.45, 2.75) is 37.5 Å². The summed E-state index contributed by atoms with van der Waals surface area (Å²) in [6.45, 7) is 2.28. The number of pyridine rings is 1. The molecule has 36 heavy (non-hydrogen) atoms. The van der Waals surface area contributed by atoms with E-state index < -0.39 is 10.0 Å². The third kappa shape index (κ3) is 4.96. The highest BCUT2D eigenvalue weighted by Crippen LogP contribution is 2.32. The van der Waals surface area contributed by atoms with E-state index in [0.29, 0.717) is 67.8 Å². The van der Waals surface area contributed by atoms with E-state index in [1.54, 1.807) is 22.7 Å². The van der Waals surface area contributed by atoms with Gasteiger partial charge in [-0.05, 0) is 55.5 Å². The first-order valence-electron chi connectivity index (χ1n) is 12.2. The number of nitrogens with one attached hydrogen (secondary N) is 2. The molecule has 2 fully saturated rings. The SMILES string of the molecule is O=C(Nc1nc2cccc(N3CCC(NS(=O)(=O)Cc4ccc5c(c4)OCCO5)CC3)n2n1)C1CC1. The highest BCUT2D eigenvalue weighted by molar-refractivity contribution is 7.88. The van der Waals surface area contributed by atoms with Crippen LogP contribution in [0.2, 0.25) is 0 Å². The molecule has 1 saturated heterocycles. The van der Waals surface area contributed by atoms with Crippen LogP contribution in [0.3, 0.4) is 0 Å². The predicted octanol–water partition coefficient (Wildman–Crippen LogP) is 1.94. The van der Waals surface area contributed by atoms with Gasteiger partial charge in [0, 0.05) is 25.0 Å². The molecule has 0 unspecified atom stereocenters. The van der Waals surface area contributed by atoms with Crippen LogP contribution in [0, 0.1) is 5.92 Å². The van der Waals surface area contributed by atoms with Crippen LogP contribution in [-0.2, 0) is 20.6 Å². The van der Waals surface area contributed by atoms with Crippen LogP contribution < -0.4 is 24.4 Å². The Morgan fingerprint density at radius 3 is 2.58 bits per heavy atom. The van der Waals surface area contributed by atoms with E-state index in [9.17, 15) is 13.2 Å². The number of fused-ring (bicyclic) bond motifs is 2. The second-order valence-electron chi connectivity index (χ2n) is 9.47. The number of benzene rings is 1. The molecule has 6 rings (SSSR count). The van der Waals surface area contributed by atoms with Crippen molar-refractivity contribution in [3.05, 3.63) is 42.0 Å². The topological polar surface area (TPSA) is 127 Å². The number of carbonyl (C=O) groups excluding carboxylic acids is 1. The summed E-state index contributed by atoms with van der Waals surface area (Å²) in [4.78, 5) is 18.7. The Morgan fingerprint density at radius 2 is 1.81 bits per heavy atom. The summed E-state index contributed by atoms with van der Waals surface area (Å²) < 4.78 is 41.4. The Hall–Kier alpha value is -3.38. The average Bonchev–Trinajstić information content (AvgIpc) is 3.64. The zero-order valence-electron chi connectivity index (χ0n) is 19.7. The molecule has 12 heteroatoms. The number of ether oxygens (including phenoxy) is 2. The molecule has 1 aliphatic carbocycles. The Balaban J connectivity index is 1.08. The molecular weight excluding hydrogens is 484 g/mol. The van der Waals surface area contributed by atoms with Gasteiger partial charge in [0.1, 0.15) is 19.0 Å². The molecule has 0 radical (unpaired) electrons. The fraction of sp³-hybridized carbons (Fsp3) is 0.458. The third-order valence-corrected chi connectivity index (χ3v) is 8.06. The number of carbonyl (C=O) groups is 1. The maximum Gasteiger partial charge on any atom is 0.249 e. The number of amides is 1. The summed E-state index contributed by atoms with van der Waals surface area (Å²) >= 11 is 0. The third-order valence-electron chi connectivity index (χ3n) is 6.65. The molecule has 0 atom stereocenters. The van der Waals surface area contributed by atoms with Gasteiger partial charge in [0.15, 0.2) is 17.1 Å². The van der Waals surface area contributed by atoms with E-state index in [4.69, 9.17) is 9.47 Å². The molecule has 4 heterocycles. The first kappa shape index (κ1) is 23.0. The van der Waals surface area contributed by atoms with Gasteiger partial charge in [-0.15, -0.1) is 5.10 Å². The van der Waals surface area contributed by atoms with Crippen molar-refractivity contribution in [2.75, 3.05) is 36.5 Å². The molecule has 11 nitrogen and oxygen atoms in total. The van der Waals surface area contributed by atoms with Gasteiger partial charge < -0.3 is 14.4 Å². The van der Waals surface area contributed by atoms with Crippen molar-refractivity contribution in [2.24, 2.45) is 5.92 Å². The number of anilines is 2. The fourth-order valence-corrected chi connectivity index (χ4v) is 6.11. The first-order valence-corrected chi connectivity index (χ1v) is 13.9. The number of rotatable bonds is 7. The smallest absolute Gasteiger partial charge is 0.249 e. The van der Waals surface area contributed by atoms with E-state index >= 15 is 0 Å². The van der Waals surface area contributed by atoms with Crippen molar-refractivity contribution in [1.29, 1.82) is 0 Å². The molecule has 1 amide bonds. The maximum atomic E-state index is 12.9. The number of piperidine rings is 1. The Labute approximate surface area is 208 Å². The summed E-state index contributed by atoms with van der Waals surface area (Å²) in [6.07, 6.45) is 3.16. The molecule has 190 valence electrons. The molecule has 1 aromatic carbocycles. The van der Waals surface area contributed by atoms with Gasteiger partial charge >= 0.3 is 0 Å². The Kier molecular flexibility index (Phi) is 5.92. The van der Waals surface area contributed by atoms with Crippen LogP contribution >= 0.6 is 0 Å². The minimum atomic E-state index is -3.52. The molecule has 2 aliphatic heterocycles. The molecular formula is C24H28N6O5S. The highest BCUT2D eigenvalue weighted by Gasteiger charge is 2.31. The van der Waals surface area contributed by atoms with Gasteiger partial charge in [-0.25, -0.2) is 13.1 Å². The Bertz CT molecular complexity index is 1400. The van der Waals surface area contributed by atoms with Crippen molar-refractivity contribution in [3.63, 3.8) is 0 Å². The molecule has 2 aromatic heterocycles. The number of sulfonamides is 1. The number of hydrogen-bond acceptors (Lipinski definition) is 8. The molecule has 3 aromatic rings. The van der Waals surface area contributed by atoms with Crippen LogP contribution in [0.25, 0.3) is 5.65 Å². The van der Waals surface area contributed by atoms with Crippen LogP contribution in [0.4, 0.5) is 11.8 Å². The van der Waals surface area contributed by atoms with E-state index in [1.807, 2.05) is 18.2 Å². The number of nitrogens with zero attached hydrogens (tertiary/aromatic N) is 4. The van der Waals surface area contributed by atoms with Gasteiger partial charge in [0.05, 0.1) is 5.75 Å². The van der Waals surface area contributed by atoms with Crippen molar-refractivity contribution < 1.29 is 22.7 Å². The van der Waals surface area contributed by atoms with E-state index in [1.165, 1.54) is 0 Å². The van der Waals surface area contributed by atoms with Crippen LogP contribution in [0.5, 0.6) is 11.5 Å². The van der Waals surface area contributed by atoms with E-state index in [2.05, 4.69) is 25.0 Å².